The first-order valence-corrected chi connectivity index (χ1v) is 10.2. The molecule has 0 fully saturated rings. The van der Waals surface area contributed by atoms with E-state index < -0.39 is 5.63 Å². The number of benzene rings is 1. The zero-order valence-electron chi connectivity index (χ0n) is 16.8. The average Bonchev–Trinajstić information content (AvgIpc) is 3.03. The predicted octanol–water partition coefficient (Wildman–Crippen LogP) is 4.21. The molecule has 0 bridgehead atoms. The van der Waals surface area contributed by atoms with Crippen LogP contribution in [0.15, 0.2) is 39.5 Å². The molecule has 29 heavy (non-hydrogen) atoms. The summed E-state index contributed by atoms with van der Waals surface area (Å²) in [5.41, 5.74) is 1.18. The Morgan fingerprint density at radius 1 is 1.24 bits per heavy atom. The van der Waals surface area contributed by atoms with Gasteiger partial charge in [0.05, 0.1) is 5.69 Å². The van der Waals surface area contributed by atoms with Crippen molar-refractivity contribution in [2.45, 2.75) is 34.1 Å². The van der Waals surface area contributed by atoms with E-state index in [-0.39, 0.29) is 11.8 Å². The summed E-state index contributed by atoms with van der Waals surface area (Å²) < 4.78 is 5.10. The minimum absolute atomic E-state index is 0.0950. The van der Waals surface area contributed by atoms with Gasteiger partial charge in [0.25, 0.3) is 5.91 Å². The van der Waals surface area contributed by atoms with Crippen molar-refractivity contribution in [3.05, 3.63) is 51.3 Å². The number of nitrogens with zero attached hydrogens (tertiary/aromatic N) is 2. The Morgan fingerprint density at radius 2 is 2.00 bits per heavy atom. The molecule has 0 atom stereocenters. The second kappa shape index (κ2) is 8.57. The number of anilines is 2. The molecule has 0 aliphatic heterocycles. The third-order valence-electron chi connectivity index (χ3n) is 4.41. The van der Waals surface area contributed by atoms with Crippen LogP contribution in [0.1, 0.15) is 42.6 Å². The van der Waals surface area contributed by atoms with E-state index in [0.29, 0.717) is 44.8 Å². The molecular formula is C21H23N3O4S. The highest BCUT2D eigenvalue weighted by Crippen LogP contribution is 2.28. The standard InChI is InChI=1S/C21H23N3O4S/c1-12(2)9-10-24(14(4)25)21-22-13(3)19(29-21)20(27)23-16-6-7-17-15(11-16)5-8-18(26)28-17/h5-8,11-12H,9-10H2,1-4H3,(H,23,27). The maximum absolute atomic E-state index is 12.8. The summed E-state index contributed by atoms with van der Waals surface area (Å²) in [6.45, 7) is 8.02. The quantitative estimate of drug-likeness (QED) is 0.611. The van der Waals surface area contributed by atoms with Gasteiger partial charge in [0, 0.05) is 30.6 Å². The van der Waals surface area contributed by atoms with Crippen LogP contribution in [0.2, 0.25) is 0 Å². The third kappa shape index (κ3) is 4.89. The fourth-order valence-electron chi connectivity index (χ4n) is 2.82. The molecule has 1 aromatic carbocycles. The van der Waals surface area contributed by atoms with Crippen molar-refractivity contribution < 1.29 is 14.0 Å². The molecule has 0 aliphatic rings. The Hall–Kier alpha value is -3.00. The van der Waals surface area contributed by atoms with E-state index in [1.165, 1.54) is 24.3 Å². The molecule has 0 aliphatic carbocycles. The fourth-order valence-corrected chi connectivity index (χ4v) is 3.85. The van der Waals surface area contributed by atoms with Crippen LogP contribution in [-0.2, 0) is 4.79 Å². The second-order valence-electron chi connectivity index (χ2n) is 7.23. The van der Waals surface area contributed by atoms with Gasteiger partial charge in [0.2, 0.25) is 5.91 Å². The summed E-state index contributed by atoms with van der Waals surface area (Å²) in [5, 5.41) is 4.08. The van der Waals surface area contributed by atoms with Crippen LogP contribution in [0.5, 0.6) is 0 Å². The molecule has 3 rings (SSSR count). The lowest BCUT2D eigenvalue weighted by molar-refractivity contribution is -0.116. The van der Waals surface area contributed by atoms with Gasteiger partial charge in [-0.2, -0.15) is 0 Å². The predicted molar refractivity (Wildman–Crippen MR) is 115 cm³/mol. The zero-order valence-corrected chi connectivity index (χ0v) is 17.6. The van der Waals surface area contributed by atoms with Crippen LogP contribution < -0.4 is 15.8 Å². The molecule has 7 nitrogen and oxygen atoms in total. The summed E-state index contributed by atoms with van der Waals surface area (Å²) in [5.74, 6) is 0.0655. The molecule has 2 heterocycles. The topological polar surface area (TPSA) is 92.5 Å². The average molecular weight is 413 g/mol. The highest BCUT2D eigenvalue weighted by molar-refractivity contribution is 7.17. The van der Waals surface area contributed by atoms with Crippen molar-refractivity contribution in [1.29, 1.82) is 0 Å². The number of nitrogens with one attached hydrogen (secondary N) is 1. The second-order valence-corrected chi connectivity index (χ2v) is 8.20. The van der Waals surface area contributed by atoms with Crippen molar-refractivity contribution in [2.75, 3.05) is 16.8 Å². The summed E-state index contributed by atoms with van der Waals surface area (Å²) in [6.07, 6.45) is 0.854. The van der Waals surface area contributed by atoms with E-state index in [0.717, 1.165) is 6.42 Å². The number of hydrogen-bond acceptors (Lipinski definition) is 6. The molecule has 0 unspecified atom stereocenters. The van der Waals surface area contributed by atoms with E-state index in [1.54, 1.807) is 36.1 Å². The first kappa shape index (κ1) is 20.7. The smallest absolute Gasteiger partial charge is 0.336 e. The molecule has 152 valence electrons. The van der Waals surface area contributed by atoms with Crippen molar-refractivity contribution in [3.63, 3.8) is 0 Å². The molecule has 2 aromatic heterocycles. The van der Waals surface area contributed by atoms with Gasteiger partial charge in [-0.05, 0) is 43.5 Å². The van der Waals surface area contributed by atoms with E-state index in [2.05, 4.69) is 24.1 Å². The Kier molecular flexibility index (Phi) is 6.12. The number of amides is 2. The van der Waals surface area contributed by atoms with Crippen LogP contribution in [0.25, 0.3) is 11.0 Å². The Bertz CT molecular complexity index is 1120. The number of fused-ring (bicyclic) bond motifs is 1. The molecule has 3 aromatic rings. The molecule has 2 amide bonds. The number of hydrogen-bond donors (Lipinski definition) is 1. The Labute approximate surface area is 172 Å². The number of carbonyl (C=O) groups excluding carboxylic acids is 2. The lowest BCUT2D eigenvalue weighted by atomic mass is 10.1. The van der Waals surface area contributed by atoms with Crippen LogP contribution >= 0.6 is 11.3 Å². The maximum Gasteiger partial charge on any atom is 0.336 e. The number of carbonyl (C=O) groups is 2. The zero-order chi connectivity index (χ0) is 21.1. The molecule has 8 heteroatoms. The molecule has 0 spiro atoms. The van der Waals surface area contributed by atoms with Crippen molar-refractivity contribution >= 4 is 44.9 Å². The minimum Gasteiger partial charge on any atom is -0.423 e. The van der Waals surface area contributed by atoms with Crippen LogP contribution in [-0.4, -0.2) is 23.3 Å². The van der Waals surface area contributed by atoms with Gasteiger partial charge in [-0.1, -0.05) is 25.2 Å². The monoisotopic (exact) mass is 413 g/mol. The maximum atomic E-state index is 12.8. The third-order valence-corrected chi connectivity index (χ3v) is 5.59. The molecule has 0 radical (unpaired) electrons. The van der Waals surface area contributed by atoms with Gasteiger partial charge in [0.15, 0.2) is 5.13 Å². The lowest BCUT2D eigenvalue weighted by Gasteiger charge is -2.18. The van der Waals surface area contributed by atoms with E-state index in [4.69, 9.17) is 4.42 Å². The summed E-state index contributed by atoms with van der Waals surface area (Å²) >= 11 is 1.20. The Morgan fingerprint density at radius 3 is 2.69 bits per heavy atom. The summed E-state index contributed by atoms with van der Waals surface area (Å²) in [6, 6.07) is 8.02. The SMILES string of the molecule is CC(=O)N(CCC(C)C)c1nc(C)c(C(=O)Nc2ccc3oc(=O)ccc3c2)s1. The van der Waals surface area contributed by atoms with Crippen molar-refractivity contribution in [3.8, 4) is 0 Å². The number of rotatable bonds is 6. The first-order valence-electron chi connectivity index (χ1n) is 9.35. The van der Waals surface area contributed by atoms with Gasteiger partial charge >= 0.3 is 5.63 Å². The normalized spacial score (nSPS) is 11.1. The van der Waals surface area contributed by atoms with Crippen LogP contribution in [0.3, 0.4) is 0 Å². The Balaban J connectivity index is 1.81. The molecule has 1 N–H and O–H groups in total. The highest BCUT2D eigenvalue weighted by Gasteiger charge is 2.21. The van der Waals surface area contributed by atoms with Crippen molar-refractivity contribution in [2.24, 2.45) is 5.92 Å². The largest absolute Gasteiger partial charge is 0.423 e. The van der Waals surface area contributed by atoms with E-state index in [9.17, 15) is 14.4 Å². The van der Waals surface area contributed by atoms with E-state index >= 15 is 0 Å². The van der Waals surface area contributed by atoms with Gasteiger partial charge < -0.3 is 9.73 Å². The summed E-state index contributed by atoms with van der Waals surface area (Å²) in [4.78, 5) is 42.6. The minimum atomic E-state index is -0.422. The number of aryl methyl sites for hydroxylation is 1. The first-order chi connectivity index (χ1) is 13.7. The van der Waals surface area contributed by atoms with Crippen LogP contribution in [0.4, 0.5) is 10.8 Å². The van der Waals surface area contributed by atoms with Crippen LogP contribution in [0, 0.1) is 12.8 Å². The van der Waals surface area contributed by atoms with E-state index in [1.807, 2.05) is 0 Å². The van der Waals surface area contributed by atoms with Gasteiger partial charge in [-0.3, -0.25) is 14.5 Å². The summed E-state index contributed by atoms with van der Waals surface area (Å²) in [7, 11) is 0. The van der Waals surface area contributed by atoms with Crippen molar-refractivity contribution in [1.82, 2.24) is 4.98 Å². The molecule has 0 saturated carbocycles. The number of thiazole rings is 1. The fraction of sp³-hybridized carbons (Fsp3) is 0.333. The van der Waals surface area contributed by atoms with Gasteiger partial charge in [-0.15, -0.1) is 0 Å². The molecular weight excluding hydrogens is 390 g/mol. The molecule has 0 saturated heterocycles. The highest BCUT2D eigenvalue weighted by atomic mass is 32.1. The number of aromatic nitrogens is 1. The van der Waals surface area contributed by atoms with Gasteiger partial charge in [0.1, 0.15) is 10.5 Å². The van der Waals surface area contributed by atoms with Gasteiger partial charge in [-0.25, -0.2) is 9.78 Å². The lowest BCUT2D eigenvalue weighted by Crippen LogP contribution is -2.30.